The Morgan fingerprint density at radius 3 is 2.41 bits per heavy atom. The molecule has 39 heavy (non-hydrogen) atoms. The van der Waals surface area contributed by atoms with Gasteiger partial charge in [0.15, 0.2) is 0 Å². The highest BCUT2D eigenvalue weighted by Gasteiger charge is 2.29. The smallest absolute Gasteiger partial charge is 0.249 e. The number of nitrogens with one attached hydrogen (secondary N) is 3. The molecular weight excluding hydrogens is 497 g/mol. The van der Waals surface area contributed by atoms with Crippen molar-refractivity contribution < 1.29 is 18.8 Å². The van der Waals surface area contributed by atoms with Crippen LogP contribution in [0.15, 0.2) is 18.2 Å². The Morgan fingerprint density at radius 2 is 1.77 bits per heavy atom. The van der Waals surface area contributed by atoms with Crippen molar-refractivity contribution in [1.29, 1.82) is 0 Å². The van der Waals surface area contributed by atoms with Gasteiger partial charge in [0.1, 0.15) is 11.9 Å². The van der Waals surface area contributed by atoms with Gasteiger partial charge in [0, 0.05) is 24.7 Å². The average molecular weight is 544 g/mol. The molecule has 3 fully saturated rings. The third-order valence-corrected chi connectivity index (χ3v) is 8.69. The van der Waals surface area contributed by atoms with E-state index in [4.69, 9.17) is 0 Å². The predicted molar refractivity (Wildman–Crippen MR) is 151 cm³/mol. The largest absolute Gasteiger partial charge is 0.374 e. The number of likely N-dealkylation sites (tertiary alicyclic amines) is 2. The van der Waals surface area contributed by atoms with Crippen LogP contribution in [0.3, 0.4) is 0 Å². The van der Waals surface area contributed by atoms with Crippen LogP contribution in [0.1, 0.15) is 83.1 Å². The Morgan fingerprint density at radius 1 is 1.05 bits per heavy atom. The van der Waals surface area contributed by atoms with Crippen molar-refractivity contribution in [1.82, 2.24) is 20.4 Å². The summed E-state index contributed by atoms with van der Waals surface area (Å²) < 4.78 is 15.0. The Hall–Kier alpha value is -2.52. The lowest BCUT2D eigenvalue weighted by Crippen LogP contribution is -2.47. The molecular formula is C30H46FN5O3. The first-order valence-electron chi connectivity index (χ1n) is 15.0. The first-order chi connectivity index (χ1) is 18.8. The molecule has 2 unspecified atom stereocenters. The van der Waals surface area contributed by atoms with E-state index in [-0.39, 0.29) is 35.9 Å². The van der Waals surface area contributed by atoms with Gasteiger partial charge in [0.05, 0.1) is 6.54 Å². The molecule has 3 amide bonds. The fourth-order valence-corrected chi connectivity index (χ4v) is 6.30. The minimum Gasteiger partial charge on any atom is -0.374 e. The SMILES string of the molecule is CCCC(CC)NC(=O)CN1CCC(CN2CCC(c3ccc(NC4CCC(=O)NC4=O)cc3F)CC2)CC1. The van der Waals surface area contributed by atoms with Crippen LogP contribution >= 0.6 is 0 Å². The van der Waals surface area contributed by atoms with E-state index < -0.39 is 6.04 Å². The van der Waals surface area contributed by atoms with E-state index >= 15 is 4.39 Å². The number of rotatable bonds is 11. The third kappa shape index (κ3) is 8.48. The average Bonchev–Trinajstić information content (AvgIpc) is 2.92. The van der Waals surface area contributed by atoms with Crippen LogP contribution < -0.4 is 16.0 Å². The zero-order chi connectivity index (χ0) is 27.8. The Balaban J connectivity index is 1.17. The number of benzene rings is 1. The van der Waals surface area contributed by atoms with Crippen molar-refractivity contribution in [3.63, 3.8) is 0 Å². The number of carbonyl (C=O) groups is 3. The van der Waals surface area contributed by atoms with Gasteiger partial charge in [-0.2, -0.15) is 0 Å². The molecule has 3 aliphatic rings. The van der Waals surface area contributed by atoms with Crippen molar-refractivity contribution in [3.8, 4) is 0 Å². The lowest BCUT2D eigenvalue weighted by Gasteiger charge is -2.37. The lowest BCUT2D eigenvalue weighted by atomic mass is 9.87. The van der Waals surface area contributed by atoms with Crippen LogP contribution in [-0.2, 0) is 14.4 Å². The Bertz CT molecular complexity index is 989. The number of hydrogen-bond donors (Lipinski definition) is 3. The fraction of sp³-hybridized carbons (Fsp3) is 0.700. The summed E-state index contributed by atoms with van der Waals surface area (Å²) >= 11 is 0. The summed E-state index contributed by atoms with van der Waals surface area (Å²) in [6.45, 7) is 9.77. The van der Waals surface area contributed by atoms with Gasteiger partial charge in [-0.25, -0.2) is 4.39 Å². The van der Waals surface area contributed by atoms with Crippen LogP contribution in [0, 0.1) is 11.7 Å². The molecule has 1 aromatic rings. The standard InChI is InChI=1S/C30H46FN5O3/c1-3-5-23(4-2)33-29(38)20-36-14-10-21(11-15-36)19-35-16-12-22(13-17-35)25-7-6-24(18-26(25)31)32-27-8-9-28(37)34-30(27)39/h6-7,18,21-23,27,32H,3-5,8-17,19-20H2,1-2H3,(H,33,38)(H,34,37,39). The molecule has 2 atom stereocenters. The molecule has 9 heteroatoms. The van der Waals surface area contributed by atoms with Gasteiger partial charge in [0.2, 0.25) is 17.7 Å². The highest BCUT2D eigenvalue weighted by molar-refractivity contribution is 6.01. The number of halogens is 1. The second kappa shape index (κ2) is 14.2. The van der Waals surface area contributed by atoms with E-state index in [1.54, 1.807) is 0 Å². The molecule has 0 aliphatic carbocycles. The molecule has 1 aromatic carbocycles. The lowest BCUT2D eigenvalue weighted by molar-refractivity contribution is -0.133. The van der Waals surface area contributed by atoms with Crippen LogP contribution in [0.2, 0.25) is 0 Å². The van der Waals surface area contributed by atoms with Gasteiger partial charge < -0.3 is 15.5 Å². The van der Waals surface area contributed by atoms with Gasteiger partial charge in [-0.05, 0) is 101 Å². The van der Waals surface area contributed by atoms with Gasteiger partial charge in [-0.1, -0.05) is 26.3 Å². The van der Waals surface area contributed by atoms with Crippen molar-refractivity contribution in [2.24, 2.45) is 5.92 Å². The zero-order valence-corrected chi connectivity index (χ0v) is 23.6. The summed E-state index contributed by atoms with van der Waals surface area (Å²) in [6.07, 6.45) is 7.94. The zero-order valence-electron chi connectivity index (χ0n) is 23.6. The number of piperidine rings is 3. The summed E-state index contributed by atoms with van der Waals surface area (Å²) in [5, 5.41) is 8.58. The van der Waals surface area contributed by atoms with Crippen molar-refractivity contribution in [3.05, 3.63) is 29.6 Å². The second-order valence-corrected chi connectivity index (χ2v) is 11.6. The van der Waals surface area contributed by atoms with Crippen LogP contribution in [0.4, 0.5) is 10.1 Å². The van der Waals surface area contributed by atoms with E-state index in [1.807, 2.05) is 12.1 Å². The van der Waals surface area contributed by atoms with Gasteiger partial charge in [-0.3, -0.25) is 24.6 Å². The summed E-state index contributed by atoms with van der Waals surface area (Å²) in [5.74, 6) is 0.157. The van der Waals surface area contributed by atoms with Gasteiger partial charge in [-0.15, -0.1) is 0 Å². The van der Waals surface area contributed by atoms with E-state index in [0.29, 0.717) is 30.6 Å². The number of carbonyl (C=O) groups excluding carboxylic acids is 3. The molecule has 216 valence electrons. The summed E-state index contributed by atoms with van der Waals surface area (Å²) in [4.78, 5) is 40.6. The van der Waals surface area contributed by atoms with E-state index in [1.165, 1.54) is 6.07 Å². The van der Waals surface area contributed by atoms with E-state index in [2.05, 4.69) is 39.6 Å². The fourth-order valence-electron chi connectivity index (χ4n) is 6.30. The highest BCUT2D eigenvalue weighted by atomic mass is 19.1. The number of hydrogen-bond acceptors (Lipinski definition) is 6. The normalized spacial score (nSPS) is 22.9. The number of nitrogens with zero attached hydrogens (tertiary/aromatic N) is 2. The number of amides is 3. The maximum absolute atomic E-state index is 15.0. The molecule has 8 nitrogen and oxygen atoms in total. The number of imide groups is 1. The molecule has 0 saturated carbocycles. The topological polar surface area (TPSA) is 93.8 Å². The minimum absolute atomic E-state index is 0.155. The first-order valence-corrected chi connectivity index (χ1v) is 15.0. The molecule has 0 radical (unpaired) electrons. The van der Waals surface area contributed by atoms with E-state index in [9.17, 15) is 14.4 Å². The Kier molecular flexibility index (Phi) is 10.7. The van der Waals surface area contributed by atoms with Gasteiger partial charge in [0.25, 0.3) is 0 Å². The third-order valence-electron chi connectivity index (χ3n) is 8.69. The second-order valence-electron chi connectivity index (χ2n) is 11.6. The molecule has 0 bridgehead atoms. The Labute approximate surface area is 232 Å². The summed E-state index contributed by atoms with van der Waals surface area (Å²) in [5.41, 5.74) is 1.32. The molecule has 0 spiro atoms. The van der Waals surface area contributed by atoms with Crippen molar-refractivity contribution >= 4 is 23.4 Å². The molecule has 3 saturated heterocycles. The van der Waals surface area contributed by atoms with Crippen LogP contribution in [-0.4, -0.2) is 78.9 Å². The highest BCUT2D eigenvalue weighted by Crippen LogP contribution is 2.32. The molecule has 4 rings (SSSR count). The number of anilines is 1. The van der Waals surface area contributed by atoms with Gasteiger partial charge >= 0.3 is 0 Å². The van der Waals surface area contributed by atoms with Crippen LogP contribution in [0.5, 0.6) is 0 Å². The van der Waals surface area contributed by atoms with Crippen molar-refractivity contribution in [2.45, 2.75) is 89.6 Å². The van der Waals surface area contributed by atoms with E-state index in [0.717, 1.165) is 83.2 Å². The monoisotopic (exact) mass is 543 g/mol. The first kappa shape index (κ1) is 29.5. The molecule has 3 heterocycles. The predicted octanol–water partition coefficient (Wildman–Crippen LogP) is 3.63. The maximum Gasteiger partial charge on any atom is 0.249 e. The van der Waals surface area contributed by atoms with Crippen LogP contribution in [0.25, 0.3) is 0 Å². The summed E-state index contributed by atoms with van der Waals surface area (Å²) in [6, 6.07) is 4.95. The summed E-state index contributed by atoms with van der Waals surface area (Å²) in [7, 11) is 0. The molecule has 3 N–H and O–H groups in total. The molecule has 3 aliphatic heterocycles. The molecule has 0 aromatic heterocycles. The maximum atomic E-state index is 15.0. The van der Waals surface area contributed by atoms with Crippen molar-refractivity contribution in [2.75, 3.05) is 44.6 Å². The minimum atomic E-state index is -0.514. The quantitative estimate of drug-likeness (QED) is 0.369.